The number of hydrogen-bond donors (Lipinski definition) is 1. The fraction of sp³-hybridized carbons (Fsp3) is 0.125. The maximum absolute atomic E-state index is 10.7. The molecule has 0 aliphatic rings. The van der Waals surface area contributed by atoms with Crippen molar-refractivity contribution in [3.05, 3.63) is 32.8 Å². The average Bonchev–Trinajstić information content (AvgIpc) is 1.97. The van der Waals surface area contributed by atoms with Gasteiger partial charge in [0.25, 0.3) is 0 Å². The van der Waals surface area contributed by atoms with Crippen molar-refractivity contribution < 1.29 is 9.90 Å². The number of rotatable bonds is 1. The summed E-state index contributed by atoms with van der Waals surface area (Å²) < 4.78 is 0.441. The molecule has 0 bridgehead atoms. The minimum absolute atomic E-state index is 0.225. The standard InChI is InChI=1S/C8H6BrClO2/c1-4-2-3-5(10)7(9)6(4)8(11)12/h2-3H,1H3,(H,11,12). The molecule has 0 unspecified atom stereocenters. The summed E-state index contributed by atoms with van der Waals surface area (Å²) in [6, 6.07) is 3.34. The topological polar surface area (TPSA) is 37.3 Å². The van der Waals surface area contributed by atoms with Crippen LogP contribution in [0.5, 0.6) is 0 Å². The van der Waals surface area contributed by atoms with E-state index in [9.17, 15) is 4.79 Å². The normalized spacial score (nSPS) is 9.92. The van der Waals surface area contributed by atoms with Crippen LogP contribution >= 0.6 is 27.5 Å². The Morgan fingerprint density at radius 3 is 2.58 bits per heavy atom. The maximum Gasteiger partial charge on any atom is 0.337 e. The van der Waals surface area contributed by atoms with Crippen molar-refractivity contribution in [2.75, 3.05) is 0 Å². The van der Waals surface area contributed by atoms with E-state index in [0.29, 0.717) is 15.1 Å². The van der Waals surface area contributed by atoms with Crippen LogP contribution < -0.4 is 0 Å². The summed E-state index contributed by atoms with van der Waals surface area (Å²) in [5.41, 5.74) is 0.918. The molecule has 0 saturated heterocycles. The summed E-state index contributed by atoms with van der Waals surface area (Å²) in [5, 5.41) is 9.20. The lowest BCUT2D eigenvalue weighted by Crippen LogP contribution is -2.00. The number of aryl methyl sites for hydroxylation is 1. The maximum atomic E-state index is 10.7. The molecule has 0 saturated carbocycles. The first-order valence-corrected chi connectivity index (χ1v) is 4.39. The van der Waals surface area contributed by atoms with E-state index in [-0.39, 0.29) is 5.56 Å². The first-order valence-electron chi connectivity index (χ1n) is 3.22. The molecule has 0 spiro atoms. The molecule has 0 aliphatic heterocycles. The van der Waals surface area contributed by atoms with Crippen LogP contribution in [-0.2, 0) is 0 Å². The molecule has 0 heterocycles. The highest BCUT2D eigenvalue weighted by Crippen LogP contribution is 2.28. The number of hydrogen-bond acceptors (Lipinski definition) is 1. The third-order valence-electron chi connectivity index (χ3n) is 1.52. The fourth-order valence-electron chi connectivity index (χ4n) is 0.910. The third-order valence-corrected chi connectivity index (χ3v) is 2.88. The van der Waals surface area contributed by atoms with Crippen molar-refractivity contribution in [2.24, 2.45) is 0 Å². The Labute approximate surface area is 83.3 Å². The quantitative estimate of drug-likeness (QED) is 0.830. The molecule has 64 valence electrons. The lowest BCUT2D eigenvalue weighted by atomic mass is 10.1. The summed E-state index contributed by atoms with van der Waals surface area (Å²) in [6.45, 7) is 1.73. The van der Waals surface area contributed by atoms with Gasteiger partial charge in [0.1, 0.15) is 0 Å². The minimum atomic E-state index is -0.970. The van der Waals surface area contributed by atoms with Gasteiger partial charge in [0.05, 0.1) is 15.1 Å². The number of carbonyl (C=O) groups is 1. The van der Waals surface area contributed by atoms with Crippen LogP contribution in [0.1, 0.15) is 15.9 Å². The molecular formula is C8H6BrClO2. The van der Waals surface area contributed by atoms with Gasteiger partial charge in [0, 0.05) is 0 Å². The summed E-state index contributed by atoms with van der Waals surface area (Å²) in [5.74, 6) is -0.970. The van der Waals surface area contributed by atoms with Crippen LogP contribution in [0.3, 0.4) is 0 Å². The predicted molar refractivity (Wildman–Crippen MR) is 50.8 cm³/mol. The second kappa shape index (κ2) is 3.46. The van der Waals surface area contributed by atoms with E-state index in [2.05, 4.69) is 15.9 Å². The van der Waals surface area contributed by atoms with Crippen molar-refractivity contribution >= 4 is 33.5 Å². The van der Waals surface area contributed by atoms with Gasteiger partial charge in [-0.2, -0.15) is 0 Å². The van der Waals surface area contributed by atoms with Crippen LogP contribution in [-0.4, -0.2) is 11.1 Å². The SMILES string of the molecule is Cc1ccc(Cl)c(Br)c1C(=O)O. The molecule has 0 fully saturated rings. The van der Waals surface area contributed by atoms with Gasteiger partial charge in [0.2, 0.25) is 0 Å². The molecule has 0 aliphatic carbocycles. The molecule has 1 aromatic carbocycles. The van der Waals surface area contributed by atoms with Crippen molar-refractivity contribution in [1.82, 2.24) is 0 Å². The van der Waals surface area contributed by atoms with E-state index < -0.39 is 5.97 Å². The van der Waals surface area contributed by atoms with Gasteiger partial charge in [-0.3, -0.25) is 0 Å². The number of carboxylic acids is 1. The predicted octanol–water partition coefficient (Wildman–Crippen LogP) is 3.11. The second-order valence-electron chi connectivity index (χ2n) is 2.36. The largest absolute Gasteiger partial charge is 0.478 e. The number of benzene rings is 1. The Kier molecular flexibility index (Phi) is 2.75. The number of halogens is 2. The number of carboxylic acid groups (broad SMARTS) is 1. The molecule has 1 N–H and O–H groups in total. The Hall–Kier alpha value is -0.540. The molecule has 4 heteroatoms. The molecule has 0 atom stereocenters. The summed E-state index contributed by atoms with van der Waals surface area (Å²) in [6.07, 6.45) is 0. The molecule has 2 nitrogen and oxygen atoms in total. The molecule has 12 heavy (non-hydrogen) atoms. The Morgan fingerprint density at radius 1 is 1.58 bits per heavy atom. The summed E-state index contributed by atoms with van der Waals surface area (Å²) in [4.78, 5) is 10.7. The van der Waals surface area contributed by atoms with Gasteiger partial charge in [-0.25, -0.2) is 4.79 Å². The number of aromatic carboxylic acids is 1. The highest BCUT2D eigenvalue weighted by Gasteiger charge is 2.13. The third kappa shape index (κ3) is 1.62. The van der Waals surface area contributed by atoms with Crippen LogP contribution in [0.15, 0.2) is 16.6 Å². The van der Waals surface area contributed by atoms with Gasteiger partial charge in [-0.1, -0.05) is 17.7 Å². The molecule has 0 amide bonds. The van der Waals surface area contributed by atoms with E-state index in [0.717, 1.165) is 0 Å². The Balaban J connectivity index is 3.43. The highest BCUT2D eigenvalue weighted by atomic mass is 79.9. The van der Waals surface area contributed by atoms with E-state index in [1.54, 1.807) is 19.1 Å². The van der Waals surface area contributed by atoms with Gasteiger partial charge >= 0.3 is 5.97 Å². The van der Waals surface area contributed by atoms with Gasteiger partial charge in [-0.05, 0) is 34.5 Å². The Morgan fingerprint density at radius 2 is 2.17 bits per heavy atom. The van der Waals surface area contributed by atoms with Crippen LogP contribution in [0.2, 0.25) is 5.02 Å². The molecule has 0 aromatic heterocycles. The van der Waals surface area contributed by atoms with Crippen molar-refractivity contribution in [1.29, 1.82) is 0 Å². The minimum Gasteiger partial charge on any atom is -0.478 e. The monoisotopic (exact) mass is 248 g/mol. The molecule has 1 aromatic rings. The lowest BCUT2D eigenvalue weighted by Gasteiger charge is -2.04. The summed E-state index contributed by atoms with van der Waals surface area (Å²) in [7, 11) is 0. The van der Waals surface area contributed by atoms with Gasteiger partial charge in [0.15, 0.2) is 0 Å². The van der Waals surface area contributed by atoms with E-state index in [1.807, 2.05) is 0 Å². The fourth-order valence-corrected chi connectivity index (χ4v) is 1.68. The first-order chi connectivity index (χ1) is 5.54. The zero-order valence-electron chi connectivity index (χ0n) is 6.27. The highest BCUT2D eigenvalue weighted by molar-refractivity contribution is 9.10. The lowest BCUT2D eigenvalue weighted by molar-refractivity contribution is 0.0695. The second-order valence-corrected chi connectivity index (χ2v) is 3.56. The average molecular weight is 249 g/mol. The molecular weight excluding hydrogens is 243 g/mol. The van der Waals surface area contributed by atoms with Crippen LogP contribution in [0.4, 0.5) is 0 Å². The van der Waals surface area contributed by atoms with E-state index in [4.69, 9.17) is 16.7 Å². The summed E-state index contributed by atoms with van der Waals surface area (Å²) >= 11 is 8.84. The molecule has 1 rings (SSSR count). The van der Waals surface area contributed by atoms with Gasteiger partial charge in [-0.15, -0.1) is 0 Å². The molecule has 0 radical (unpaired) electrons. The van der Waals surface area contributed by atoms with Crippen molar-refractivity contribution in [3.63, 3.8) is 0 Å². The van der Waals surface area contributed by atoms with Crippen LogP contribution in [0.25, 0.3) is 0 Å². The Bertz CT molecular complexity index is 336. The first kappa shape index (κ1) is 9.55. The van der Waals surface area contributed by atoms with Crippen molar-refractivity contribution in [3.8, 4) is 0 Å². The van der Waals surface area contributed by atoms with E-state index in [1.165, 1.54) is 0 Å². The zero-order valence-corrected chi connectivity index (χ0v) is 8.61. The van der Waals surface area contributed by atoms with Crippen LogP contribution in [0, 0.1) is 6.92 Å². The van der Waals surface area contributed by atoms with E-state index >= 15 is 0 Å². The van der Waals surface area contributed by atoms with Gasteiger partial charge < -0.3 is 5.11 Å². The zero-order chi connectivity index (χ0) is 9.30. The smallest absolute Gasteiger partial charge is 0.337 e. The van der Waals surface area contributed by atoms with Crippen molar-refractivity contribution in [2.45, 2.75) is 6.92 Å².